The van der Waals surface area contributed by atoms with E-state index in [1.165, 1.54) is 5.56 Å². The van der Waals surface area contributed by atoms with Crippen molar-refractivity contribution < 1.29 is 4.74 Å². The summed E-state index contributed by atoms with van der Waals surface area (Å²) in [6.45, 7) is 9.63. The average Bonchev–Trinajstić information content (AvgIpc) is 2.54. The predicted molar refractivity (Wildman–Crippen MR) is 60.9 cm³/mol. The number of ether oxygens (including phenoxy) is 1. The lowest BCUT2D eigenvalue weighted by molar-refractivity contribution is 0.144. The summed E-state index contributed by atoms with van der Waals surface area (Å²) in [5.41, 5.74) is 3.53. The molecule has 0 unspecified atom stereocenters. The maximum absolute atomic E-state index is 5.26. The molecule has 1 heterocycles. The van der Waals surface area contributed by atoms with Crippen molar-refractivity contribution in [1.82, 2.24) is 15.5 Å². The van der Waals surface area contributed by atoms with Gasteiger partial charge in [-0.1, -0.05) is 0 Å². The fourth-order valence-corrected chi connectivity index (χ4v) is 1.49. The van der Waals surface area contributed by atoms with Gasteiger partial charge in [-0.05, 0) is 33.7 Å². The summed E-state index contributed by atoms with van der Waals surface area (Å²) in [5, 5.41) is 10.5. The molecule has 0 fully saturated rings. The molecule has 1 rings (SSSR count). The lowest BCUT2D eigenvalue weighted by Crippen LogP contribution is -2.17. The molecule has 0 aliphatic carbocycles. The van der Waals surface area contributed by atoms with Gasteiger partial charge in [0.15, 0.2) is 0 Å². The van der Waals surface area contributed by atoms with E-state index >= 15 is 0 Å². The van der Waals surface area contributed by atoms with Crippen LogP contribution in [0.15, 0.2) is 0 Å². The molecule has 0 aliphatic rings. The summed E-state index contributed by atoms with van der Waals surface area (Å²) in [4.78, 5) is 0. The van der Waals surface area contributed by atoms with Crippen molar-refractivity contribution in [3.63, 3.8) is 0 Å². The molecular formula is C11H21N3O. The quantitative estimate of drug-likeness (QED) is 0.673. The van der Waals surface area contributed by atoms with Gasteiger partial charge in [0.1, 0.15) is 0 Å². The normalized spacial score (nSPS) is 10.9. The highest BCUT2D eigenvalue weighted by atomic mass is 16.5. The van der Waals surface area contributed by atoms with Crippen LogP contribution in [0.25, 0.3) is 0 Å². The molecule has 4 heteroatoms. The van der Waals surface area contributed by atoms with Crippen LogP contribution in [0.5, 0.6) is 0 Å². The second-order valence-electron chi connectivity index (χ2n) is 3.64. The fourth-order valence-electron chi connectivity index (χ4n) is 1.49. The van der Waals surface area contributed by atoms with E-state index in [1.54, 1.807) is 0 Å². The zero-order valence-corrected chi connectivity index (χ0v) is 9.89. The molecule has 0 bridgehead atoms. The van der Waals surface area contributed by atoms with Crippen LogP contribution in [0.1, 0.15) is 30.3 Å². The van der Waals surface area contributed by atoms with Gasteiger partial charge in [-0.2, -0.15) is 5.10 Å². The van der Waals surface area contributed by atoms with Gasteiger partial charge in [-0.25, -0.2) is 0 Å². The summed E-state index contributed by atoms with van der Waals surface area (Å²) in [5.74, 6) is 0. The van der Waals surface area contributed by atoms with Gasteiger partial charge >= 0.3 is 0 Å². The van der Waals surface area contributed by atoms with Crippen molar-refractivity contribution in [2.75, 3.05) is 19.8 Å². The van der Waals surface area contributed by atoms with Crippen LogP contribution >= 0.6 is 0 Å². The van der Waals surface area contributed by atoms with Gasteiger partial charge in [0.05, 0.1) is 5.69 Å². The van der Waals surface area contributed by atoms with Crippen molar-refractivity contribution in [3.05, 3.63) is 17.0 Å². The Bertz CT molecular complexity index is 264. The summed E-state index contributed by atoms with van der Waals surface area (Å²) < 4.78 is 5.26. The van der Waals surface area contributed by atoms with Gasteiger partial charge in [0, 0.05) is 31.0 Å². The minimum atomic E-state index is 0.806. The molecule has 1 aromatic heterocycles. The smallest absolute Gasteiger partial charge is 0.0638 e. The Hall–Kier alpha value is -0.870. The number of rotatable bonds is 7. The molecule has 15 heavy (non-hydrogen) atoms. The molecule has 0 saturated heterocycles. The average molecular weight is 211 g/mol. The van der Waals surface area contributed by atoms with Crippen molar-refractivity contribution in [3.8, 4) is 0 Å². The molecule has 1 aromatic rings. The minimum absolute atomic E-state index is 0.806. The van der Waals surface area contributed by atoms with E-state index in [0.29, 0.717) is 0 Å². The third kappa shape index (κ3) is 4.01. The van der Waals surface area contributed by atoms with Gasteiger partial charge in [0.25, 0.3) is 0 Å². The Labute approximate surface area is 91.4 Å². The third-order valence-corrected chi connectivity index (χ3v) is 2.43. The first-order valence-corrected chi connectivity index (χ1v) is 5.54. The molecule has 4 nitrogen and oxygen atoms in total. The highest BCUT2D eigenvalue weighted by molar-refractivity contribution is 5.22. The van der Waals surface area contributed by atoms with Gasteiger partial charge in [-0.3, -0.25) is 5.10 Å². The van der Waals surface area contributed by atoms with Gasteiger partial charge in [0.2, 0.25) is 0 Å². The van der Waals surface area contributed by atoms with Crippen LogP contribution in [0.2, 0.25) is 0 Å². The number of hydrogen-bond donors (Lipinski definition) is 2. The van der Waals surface area contributed by atoms with E-state index in [-0.39, 0.29) is 0 Å². The summed E-state index contributed by atoms with van der Waals surface area (Å²) >= 11 is 0. The highest BCUT2D eigenvalue weighted by Crippen LogP contribution is 2.07. The second kappa shape index (κ2) is 6.58. The molecule has 0 radical (unpaired) electrons. The van der Waals surface area contributed by atoms with Gasteiger partial charge in [-0.15, -0.1) is 0 Å². The molecular weight excluding hydrogens is 190 g/mol. The highest BCUT2D eigenvalue weighted by Gasteiger charge is 2.04. The minimum Gasteiger partial charge on any atom is -0.382 e. The Morgan fingerprint density at radius 2 is 2.20 bits per heavy atom. The molecule has 0 spiro atoms. The van der Waals surface area contributed by atoms with Gasteiger partial charge < -0.3 is 10.1 Å². The first-order chi connectivity index (χ1) is 7.25. The molecule has 2 N–H and O–H groups in total. The van der Waals surface area contributed by atoms with E-state index < -0.39 is 0 Å². The van der Waals surface area contributed by atoms with Crippen molar-refractivity contribution in [2.45, 2.75) is 33.7 Å². The van der Waals surface area contributed by atoms with Crippen LogP contribution in [0.4, 0.5) is 0 Å². The zero-order chi connectivity index (χ0) is 11.1. The Morgan fingerprint density at radius 1 is 1.40 bits per heavy atom. The van der Waals surface area contributed by atoms with Crippen LogP contribution in [-0.2, 0) is 11.3 Å². The van der Waals surface area contributed by atoms with E-state index in [1.807, 2.05) is 13.8 Å². The summed E-state index contributed by atoms with van der Waals surface area (Å²) in [7, 11) is 0. The van der Waals surface area contributed by atoms with Crippen molar-refractivity contribution >= 4 is 0 Å². The molecule has 86 valence electrons. The van der Waals surface area contributed by atoms with E-state index in [4.69, 9.17) is 4.74 Å². The largest absolute Gasteiger partial charge is 0.382 e. The number of aromatic nitrogens is 2. The van der Waals surface area contributed by atoms with Crippen LogP contribution in [0.3, 0.4) is 0 Å². The van der Waals surface area contributed by atoms with E-state index in [0.717, 1.165) is 44.1 Å². The monoisotopic (exact) mass is 211 g/mol. The molecule has 0 aromatic carbocycles. The Balaban J connectivity index is 2.15. The molecule has 0 aliphatic heterocycles. The van der Waals surface area contributed by atoms with E-state index in [9.17, 15) is 0 Å². The number of H-pyrrole nitrogens is 1. The Kier molecular flexibility index (Phi) is 5.36. The Morgan fingerprint density at radius 3 is 2.80 bits per heavy atom. The maximum Gasteiger partial charge on any atom is 0.0638 e. The summed E-state index contributed by atoms with van der Waals surface area (Å²) in [6.07, 6.45) is 1.06. The van der Waals surface area contributed by atoms with Crippen molar-refractivity contribution in [2.24, 2.45) is 0 Å². The zero-order valence-electron chi connectivity index (χ0n) is 9.89. The van der Waals surface area contributed by atoms with Crippen LogP contribution in [-0.4, -0.2) is 30.0 Å². The van der Waals surface area contributed by atoms with Crippen molar-refractivity contribution in [1.29, 1.82) is 0 Å². The van der Waals surface area contributed by atoms with Crippen LogP contribution in [0, 0.1) is 13.8 Å². The molecule has 0 saturated carbocycles. The fraction of sp³-hybridized carbons (Fsp3) is 0.727. The summed E-state index contributed by atoms with van der Waals surface area (Å²) in [6, 6.07) is 0. The standard InChI is InChI=1S/C11H21N3O/c1-4-15-7-5-6-12-8-11-9(2)13-14-10(11)3/h12H,4-8H2,1-3H3,(H,13,14). The van der Waals surface area contributed by atoms with E-state index in [2.05, 4.69) is 22.4 Å². The molecule has 0 amide bonds. The third-order valence-electron chi connectivity index (χ3n) is 2.43. The number of aromatic amines is 1. The maximum atomic E-state index is 5.26. The molecule has 0 atom stereocenters. The number of hydrogen-bond acceptors (Lipinski definition) is 3. The number of nitrogens with one attached hydrogen (secondary N) is 2. The number of nitrogens with zero attached hydrogens (tertiary/aromatic N) is 1. The lowest BCUT2D eigenvalue weighted by atomic mass is 10.2. The predicted octanol–water partition coefficient (Wildman–Crippen LogP) is 1.54. The van der Waals surface area contributed by atoms with Crippen LogP contribution < -0.4 is 5.32 Å². The topological polar surface area (TPSA) is 49.9 Å². The SMILES string of the molecule is CCOCCCNCc1c(C)n[nH]c1C. The lowest BCUT2D eigenvalue weighted by Gasteiger charge is -2.05. The first-order valence-electron chi connectivity index (χ1n) is 5.54. The second-order valence-corrected chi connectivity index (χ2v) is 3.64. The number of aryl methyl sites for hydroxylation is 2. The first kappa shape index (κ1) is 12.2.